The van der Waals surface area contributed by atoms with Crippen molar-refractivity contribution in [1.82, 2.24) is 24.6 Å². The maximum atomic E-state index is 12.3. The number of carbonyl (C=O) groups excluding carboxylic acids is 1. The number of para-hydroxylation sites is 2. The molecule has 1 amide bonds. The molecule has 1 aromatic carbocycles. The average Bonchev–Trinajstić information content (AvgIpc) is 3.33. The zero-order valence-corrected chi connectivity index (χ0v) is 16.8. The smallest absolute Gasteiger partial charge is 0.253 e. The Labute approximate surface area is 169 Å². The minimum absolute atomic E-state index is 0.133. The summed E-state index contributed by atoms with van der Waals surface area (Å²) in [5.74, 6) is 1.63. The average molecular weight is 413 g/mol. The van der Waals surface area contributed by atoms with Gasteiger partial charge >= 0.3 is 0 Å². The lowest BCUT2D eigenvalue weighted by atomic mass is 10.2. The molecule has 10 heteroatoms. The normalized spacial score (nSPS) is 10.9. The summed E-state index contributed by atoms with van der Waals surface area (Å²) in [6.07, 6.45) is 3.48. The molecule has 0 spiro atoms. The number of rotatable bonds is 6. The van der Waals surface area contributed by atoms with Crippen LogP contribution in [0.1, 0.15) is 12.6 Å². The number of aromatic nitrogens is 5. The van der Waals surface area contributed by atoms with Gasteiger partial charge in [-0.05, 0) is 18.2 Å². The van der Waals surface area contributed by atoms with Crippen molar-refractivity contribution < 1.29 is 9.53 Å². The molecular formula is C18H16N6O2S2. The van der Waals surface area contributed by atoms with Gasteiger partial charge in [0.05, 0.1) is 18.5 Å². The molecule has 4 aromatic rings. The first-order valence-corrected chi connectivity index (χ1v) is 10.2. The maximum absolute atomic E-state index is 12.3. The summed E-state index contributed by atoms with van der Waals surface area (Å²) in [5.41, 5.74) is 1.51. The predicted octanol–water partition coefficient (Wildman–Crippen LogP) is 3.57. The highest BCUT2D eigenvalue weighted by Gasteiger charge is 2.21. The summed E-state index contributed by atoms with van der Waals surface area (Å²) in [4.78, 5) is 27.0. The fraction of sp³-hybridized carbons (Fsp3) is 0.167. The van der Waals surface area contributed by atoms with Gasteiger partial charge in [0.25, 0.3) is 5.78 Å². The highest BCUT2D eigenvalue weighted by molar-refractivity contribution is 7.98. The molecule has 28 heavy (non-hydrogen) atoms. The molecule has 0 saturated carbocycles. The molecule has 0 saturated heterocycles. The van der Waals surface area contributed by atoms with Crippen molar-refractivity contribution in [3.05, 3.63) is 53.8 Å². The van der Waals surface area contributed by atoms with Crippen LogP contribution in [-0.2, 0) is 10.5 Å². The van der Waals surface area contributed by atoms with Crippen molar-refractivity contribution in [3.63, 3.8) is 0 Å². The van der Waals surface area contributed by atoms with E-state index in [-0.39, 0.29) is 5.91 Å². The number of methoxy groups -OCH3 is 1. The van der Waals surface area contributed by atoms with Gasteiger partial charge in [-0.3, -0.25) is 9.69 Å². The topological polar surface area (TPSA) is 85.5 Å². The van der Waals surface area contributed by atoms with E-state index in [2.05, 4.69) is 20.1 Å². The number of nitrogens with zero attached hydrogens (tertiary/aromatic N) is 6. The molecule has 0 radical (unpaired) electrons. The molecule has 3 aromatic heterocycles. The number of fused-ring (bicyclic) bond motifs is 1. The zero-order chi connectivity index (χ0) is 19.5. The molecule has 0 N–H and O–H groups in total. The number of amides is 1. The number of thiazole rings is 1. The molecular weight excluding hydrogens is 396 g/mol. The lowest BCUT2D eigenvalue weighted by Gasteiger charge is -2.20. The number of carbonyl (C=O) groups is 1. The van der Waals surface area contributed by atoms with E-state index in [0.717, 1.165) is 5.69 Å². The fourth-order valence-electron chi connectivity index (χ4n) is 2.60. The number of hydrogen-bond acceptors (Lipinski definition) is 8. The number of ether oxygens (including phenoxy) is 1. The van der Waals surface area contributed by atoms with Crippen LogP contribution in [0.5, 0.6) is 5.75 Å². The van der Waals surface area contributed by atoms with Crippen molar-refractivity contribution in [2.75, 3.05) is 12.0 Å². The van der Waals surface area contributed by atoms with Crippen molar-refractivity contribution in [1.29, 1.82) is 0 Å². The third-order valence-corrected chi connectivity index (χ3v) is 5.56. The summed E-state index contributed by atoms with van der Waals surface area (Å²) >= 11 is 2.88. The number of thioether (sulfide) groups is 1. The van der Waals surface area contributed by atoms with E-state index < -0.39 is 0 Å². The summed E-state index contributed by atoms with van der Waals surface area (Å²) in [5, 5.41) is 7.52. The van der Waals surface area contributed by atoms with E-state index in [0.29, 0.717) is 33.3 Å². The van der Waals surface area contributed by atoms with Crippen molar-refractivity contribution in [2.24, 2.45) is 0 Å². The molecule has 8 nitrogen and oxygen atoms in total. The van der Waals surface area contributed by atoms with Gasteiger partial charge < -0.3 is 4.74 Å². The second-order valence-corrected chi connectivity index (χ2v) is 7.47. The van der Waals surface area contributed by atoms with Gasteiger partial charge in [-0.15, -0.1) is 16.4 Å². The fourth-order valence-corrected chi connectivity index (χ4v) is 4.30. The van der Waals surface area contributed by atoms with Crippen LogP contribution < -0.4 is 9.64 Å². The maximum Gasteiger partial charge on any atom is 0.253 e. The summed E-state index contributed by atoms with van der Waals surface area (Å²) in [6, 6.07) is 9.18. The predicted molar refractivity (Wildman–Crippen MR) is 108 cm³/mol. The zero-order valence-electron chi connectivity index (χ0n) is 15.1. The van der Waals surface area contributed by atoms with Crippen LogP contribution in [0, 0.1) is 0 Å². The van der Waals surface area contributed by atoms with Gasteiger partial charge in [0, 0.05) is 30.5 Å². The highest BCUT2D eigenvalue weighted by Crippen LogP contribution is 2.36. The molecule has 0 aliphatic rings. The summed E-state index contributed by atoms with van der Waals surface area (Å²) < 4.78 is 7.03. The van der Waals surface area contributed by atoms with E-state index in [1.807, 2.05) is 29.6 Å². The SMILES string of the molecule is COc1ccccc1N(C(C)=O)c1nc(CSc2nc3ncccn3n2)cs1. The van der Waals surface area contributed by atoms with E-state index in [9.17, 15) is 4.79 Å². The molecule has 0 unspecified atom stereocenters. The van der Waals surface area contributed by atoms with Gasteiger partial charge in [0.15, 0.2) is 5.13 Å². The largest absolute Gasteiger partial charge is 0.495 e. The first kappa shape index (κ1) is 18.4. The molecule has 3 heterocycles. The molecule has 142 valence electrons. The van der Waals surface area contributed by atoms with Crippen molar-refractivity contribution in [2.45, 2.75) is 17.8 Å². The third-order valence-electron chi connectivity index (χ3n) is 3.82. The minimum Gasteiger partial charge on any atom is -0.495 e. The van der Waals surface area contributed by atoms with Crippen LogP contribution >= 0.6 is 23.1 Å². The summed E-state index contributed by atoms with van der Waals surface area (Å²) in [7, 11) is 1.58. The van der Waals surface area contributed by atoms with Gasteiger partial charge in [0.1, 0.15) is 5.75 Å². The second-order valence-electron chi connectivity index (χ2n) is 5.70. The second kappa shape index (κ2) is 7.95. The van der Waals surface area contributed by atoms with Gasteiger partial charge in [-0.2, -0.15) is 4.98 Å². The first-order chi connectivity index (χ1) is 13.7. The van der Waals surface area contributed by atoms with Crippen LogP contribution in [-0.4, -0.2) is 37.6 Å². The monoisotopic (exact) mass is 412 g/mol. The third kappa shape index (κ3) is 3.69. The molecule has 0 aliphatic heterocycles. The van der Waals surface area contributed by atoms with Gasteiger partial charge in [0.2, 0.25) is 11.1 Å². The summed E-state index contributed by atoms with van der Waals surface area (Å²) in [6.45, 7) is 1.51. The van der Waals surface area contributed by atoms with E-state index in [1.54, 1.807) is 35.0 Å². The molecule has 0 bridgehead atoms. The Morgan fingerprint density at radius 2 is 2.14 bits per heavy atom. The van der Waals surface area contributed by atoms with E-state index >= 15 is 0 Å². The van der Waals surface area contributed by atoms with E-state index in [4.69, 9.17) is 4.74 Å². The molecule has 0 atom stereocenters. The minimum atomic E-state index is -0.133. The van der Waals surface area contributed by atoms with Gasteiger partial charge in [-0.25, -0.2) is 14.5 Å². The van der Waals surface area contributed by atoms with Crippen LogP contribution in [0.3, 0.4) is 0 Å². The Balaban J connectivity index is 1.54. The van der Waals surface area contributed by atoms with Gasteiger partial charge in [-0.1, -0.05) is 23.9 Å². The van der Waals surface area contributed by atoms with E-state index in [1.165, 1.54) is 30.0 Å². The standard InChI is InChI=1S/C18H16N6O2S2/c1-12(25)24(14-6-3-4-7-15(14)26-2)18-20-13(11-28-18)10-27-17-21-16-19-8-5-9-23(16)22-17/h3-9,11H,10H2,1-2H3. The lowest BCUT2D eigenvalue weighted by Crippen LogP contribution is -2.23. The van der Waals surface area contributed by atoms with Crippen molar-refractivity contribution >= 4 is 45.6 Å². The Morgan fingerprint density at radius 1 is 1.29 bits per heavy atom. The first-order valence-electron chi connectivity index (χ1n) is 8.34. The Hall–Kier alpha value is -2.98. The molecule has 0 aliphatic carbocycles. The van der Waals surface area contributed by atoms with Crippen LogP contribution in [0.2, 0.25) is 0 Å². The Kier molecular flexibility index (Phi) is 5.22. The molecule has 0 fully saturated rings. The number of hydrogen-bond donors (Lipinski definition) is 0. The number of anilines is 2. The molecule has 4 rings (SSSR count). The Morgan fingerprint density at radius 3 is 2.93 bits per heavy atom. The van der Waals surface area contributed by atoms with Crippen LogP contribution in [0.4, 0.5) is 10.8 Å². The van der Waals surface area contributed by atoms with Crippen LogP contribution in [0.15, 0.2) is 53.3 Å². The van der Waals surface area contributed by atoms with Crippen molar-refractivity contribution in [3.8, 4) is 5.75 Å². The lowest BCUT2D eigenvalue weighted by molar-refractivity contribution is -0.115. The number of benzene rings is 1. The van der Waals surface area contributed by atoms with Crippen LogP contribution in [0.25, 0.3) is 5.78 Å². The Bertz CT molecular complexity index is 1090. The highest BCUT2D eigenvalue weighted by atomic mass is 32.2. The quantitative estimate of drug-likeness (QED) is 0.448.